The lowest BCUT2D eigenvalue weighted by Gasteiger charge is -2.53. The monoisotopic (exact) mass is 560 g/mol. The minimum absolute atomic E-state index is 0.412. The standard InChI is InChI=1S/C26H25F5O6S/c27-25(28,29)24(26(30,31)38(34,35)36)37-23(33)22-20-15-9-3-1-7-13(15)19(14-8-2-4-10-16(14)20)21(22)17-11-5-6-12-18(17)32/h1-4,7-10,17-22,24,32H,5-6,11-12H2,(H,34,35,36). The topological polar surface area (TPSA) is 101 Å². The van der Waals surface area contributed by atoms with Gasteiger partial charge in [-0.1, -0.05) is 61.4 Å². The molecule has 0 saturated heterocycles. The first-order chi connectivity index (χ1) is 17.7. The lowest BCUT2D eigenvalue weighted by Crippen LogP contribution is -2.55. The molecule has 0 radical (unpaired) electrons. The van der Waals surface area contributed by atoms with Gasteiger partial charge in [0.1, 0.15) is 0 Å². The first-order valence-corrected chi connectivity index (χ1v) is 13.7. The fourth-order valence-corrected chi connectivity index (χ4v) is 7.22. The number of benzene rings is 2. The highest BCUT2D eigenvalue weighted by molar-refractivity contribution is 7.86. The Morgan fingerprint density at radius 1 is 0.868 bits per heavy atom. The van der Waals surface area contributed by atoms with Crippen LogP contribution in [0.4, 0.5) is 22.0 Å². The number of aliphatic hydroxyl groups is 1. The molecule has 6 nitrogen and oxygen atoms in total. The molecule has 4 aliphatic rings. The number of hydrogen-bond donors (Lipinski definition) is 2. The summed E-state index contributed by atoms with van der Waals surface area (Å²) in [6.45, 7) is 0. The third kappa shape index (κ3) is 4.21. The molecule has 0 spiro atoms. The van der Waals surface area contributed by atoms with Gasteiger partial charge in [-0.25, -0.2) is 0 Å². The van der Waals surface area contributed by atoms with Gasteiger partial charge < -0.3 is 9.84 Å². The van der Waals surface area contributed by atoms with Gasteiger partial charge in [0.2, 0.25) is 0 Å². The molecule has 4 aliphatic carbocycles. The van der Waals surface area contributed by atoms with Gasteiger partial charge >= 0.3 is 27.5 Å². The average Bonchev–Trinajstić information content (AvgIpc) is 2.85. The summed E-state index contributed by atoms with van der Waals surface area (Å²) in [5.41, 5.74) is 2.92. The Bertz CT molecular complexity index is 1300. The molecule has 1 fully saturated rings. The Kier molecular flexibility index (Phi) is 6.59. The Morgan fingerprint density at radius 3 is 1.79 bits per heavy atom. The highest BCUT2D eigenvalue weighted by Crippen LogP contribution is 2.62. The van der Waals surface area contributed by atoms with Crippen molar-refractivity contribution in [1.29, 1.82) is 0 Å². The number of rotatable bonds is 5. The molecular weight excluding hydrogens is 535 g/mol. The molecule has 2 bridgehead atoms. The number of aliphatic hydroxyl groups excluding tert-OH is 1. The quantitative estimate of drug-likeness (QED) is 0.303. The van der Waals surface area contributed by atoms with Crippen LogP contribution in [-0.2, 0) is 19.6 Å². The van der Waals surface area contributed by atoms with E-state index in [1.165, 1.54) is 0 Å². The van der Waals surface area contributed by atoms with Crippen molar-refractivity contribution >= 4 is 16.1 Å². The van der Waals surface area contributed by atoms with E-state index in [1.54, 1.807) is 36.4 Å². The van der Waals surface area contributed by atoms with Crippen molar-refractivity contribution in [3.05, 3.63) is 70.8 Å². The van der Waals surface area contributed by atoms with E-state index in [4.69, 9.17) is 4.55 Å². The van der Waals surface area contributed by atoms with Crippen molar-refractivity contribution in [2.24, 2.45) is 17.8 Å². The first kappa shape index (κ1) is 27.0. The van der Waals surface area contributed by atoms with Crippen molar-refractivity contribution in [1.82, 2.24) is 0 Å². The SMILES string of the molecule is O=C(OC(C(F)(F)F)C(F)(F)S(=O)(=O)O)C1C2c3ccccc3C(c3ccccc32)C1C1CCCCC1O. The summed E-state index contributed by atoms with van der Waals surface area (Å²) in [5, 5.41) is 5.10. The summed E-state index contributed by atoms with van der Waals surface area (Å²) in [6, 6.07) is 14.1. The van der Waals surface area contributed by atoms with Gasteiger partial charge in [0.25, 0.3) is 6.10 Å². The average molecular weight is 561 g/mol. The predicted octanol–water partition coefficient (Wildman–Crippen LogP) is 5.02. The largest absolute Gasteiger partial charge is 0.444 e. The minimum atomic E-state index is -6.58. The molecule has 5 unspecified atom stereocenters. The van der Waals surface area contributed by atoms with E-state index in [0.717, 1.165) is 17.5 Å². The maximum atomic E-state index is 14.3. The van der Waals surface area contributed by atoms with E-state index in [9.17, 15) is 40.3 Å². The first-order valence-electron chi connectivity index (χ1n) is 12.2. The molecule has 2 N–H and O–H groups in total. The lowest BCUT2D eigenvalue weighted by atomic mass is 9.50. The Hall–Kier alpha value is -2.57. The van der Waals surface area contributed by atoms with Crippen molar-refractivity contribution in [2.75, 3.05) is 0 Å². The second-order valence-electron chi connectivity index (χ2n) is 10.2. The smallest absolute Gasteiger partial charge is 0.432 e. The number of fused-ring (bicyclic) bond motifs is 1. The van der Waals surface area contributed by atoms with Crippen LogP contribution in [0, 0.1) is 17.8 Å². The van der Waals surface area contributed by atoms with Crippen LogP contribution in [0.1, 0.15) is 59.8 Å². The van der Waals surface area contributed by atoms with Crippen molar-refractivity contribution in [3.63, 3.8) is 0 Å². The number of carbonyl (C=O) groups excluding carboxylic acids is 1. The second kappa shape index (κ2) is 9.27. The number of ether oxygens (including phenoxy) is 1. The summed E-state index contributed by atoms with van der Waals surface area (Å²) in [7, 11) is -6.58. The van der Waals surface area contributed by atoms with E-state index in [-0.39, 0.29) is 0 Å². The number of hydrogen-bond acceptors (Lipinski definition) is 5. The fraction of sp³-hybridized carbons (Fsp3) is 0.500. The molecule has 6 rings (SSSR count). The van der Waals surface area contributed by atoms with Gasteiger partial charge in [-0.2, -0.15) is 30.4 Å². The molecule has 0 aliphatic heterocycles. The molecule has 1 saturated carbocycles. The Morgan fingerprint density at radius 2 is 1.34 bits per heavy atom. The summed E-state index contributed by atoms with van der Waals surface area (Å²) in [4.78, 5) is 13.6. The van der Waals surface area contributed by atoms with Gasteiger partial charge in [0.05, 0.1) is 12.0 Å². The maximum Gasteiger partial charge on any atom is 0.432 e. The molecule has 5 atom stereocenters. The summed E-state index contributed by atoms with van der Waals surface area (Å²) in [6.07, 6.45) is -8.99. The van der Waals surface area contributed by atoms with Crippen LogP contribution in [0.3, 0.4) is 0 Å². The zero-order chi connectivity index (χ0) is 27.6. The number of carbonyl (C=O) groups is 1. The van der Waals surface area contributed by atoms with Crippen LogP contribution in [0.15, 0.2) is 48.5 Å². The molecule has 38 heavy (non-hydrogen) atoms. The molecular formula is C26H25F5O6S. The summed E-state index contributed by atoms with van der Waals surface area (Å²) >= 11 is 0. The molecule has 0 aromatic heterocycles. The fourth-order valence-electron chi connectivity index (χ4n) is 6.77. The van der Waals surface area contributed by atoms with Crippen molar-refractivity contribution < 1.29 is 49.6 Å². The third-order valence-electron chi connectivity index (χ3n) is 8.22. The number of alkyl halides is 5. The zero-order valence-corrected chi connectivity index (χ0v) is 20.6. The van der Waals surface area contributed by atoms with Gasteiger partial charge in [0.15, 0.2) is 0 Å². The number of halogens is 5. The molecule has 12 heteroatoms. The van der Waals surface area contributed by atoms with E-state index in [2.05, 4.69) is 4.74 Å². The number of esters is 1. The summed E-state index contributed by atoms with van der Waals surface area (Å²) < 4.78 is 105. The molecule has 2 aromatic rings. The van der Waals surface area contributed by atoms with Gasteiger partial charge in [0, 0.05) is 11.8 Å². The molecule has 206 valence electrons. The van der Waals surface area contributed by atoms with Gasteiger partial charge in [-0.15, -0.1) is 0 Å². The second-order valence-corrected chi connectivity index (χ2v) is 11.7. The van der Waals surface area contributed by atoms with E-state index in [1.807, 2.05) is 12.1 Å². The van der Waals surface area contributed by atoms with Gasteiger partial charge in [-0.05, 0) is 46.9 Å². The third-order valence-corrected chi connectivity index (χ3v) is 9.12. The van der Waals surface area contributed by atoms with Crippen LogP contribution in [-0.4, -0.2) is 47.7 Å². The van der Waals surface area contributed by atoms with Crippen LogP contribution in [0.2, 0.25) is 0 Å². The van der Waals surface area contributed by atoms with E-state index in [0.29, 0.717) is 30.4 Å². The predicted molar refractivity (Wildman–Crippen MR) is 124 cm³/mol. The normalized spacial score (nSPS) is 29.8. The van der Waals surface area contributed by atoms with Crippen LogP contribution in [0.5, 0.6) is 0 Å². The molecule has 2 aromatic carbocycles. The molecule has 0 heterocycles. The van der Waals surface area contributed by atoms with Crippen molar-refractivity contribution in [2.45, 2.75) is 61.2 Å². The van der Waals surface area contributed by atoms with E-state index >= 15 is 0 Å². The molecule has 0 amide bonds. The highest BCUT2D eigenvalue weighted by Gasteiger charge is 2.67. The van der Waals surface area contributed by atoms with E-state index < -0.39 is 69.3 Å². The van der Waals surface area contributed by atoms with Crippen LogP contribution in [0.25, 0.3) is 0 Å². The lowest BCUT2D eigenvalue weighted by molar-refractivity contribution is -0.262. The zero-order valence-electron chi connectivity index (χ0n) is 19.8. The van der Waals surface area contributed by atoms with Crippen molar-refractivity contribution in [3.8, 4) is 0 Å². The Balaban J connectivity index is 1.66. The summed E-state index contributed by atoms with van der Waals surface area (Å²) in [5.74, 6) is -5.80. The van der Waals surface area contributed by atoms with Crippen LogP contribution >= 0.6 is 0 Å². The highest BCUT2D eigenvalue weighted by atomic mass is 32.2. The van der Waals surface area contributed by atoms with Gasteiger partial charge in [-0.3, -0.25) is 9.35 Å². The van der Waals surface area contributed by atoms with Crippen LogP contribution < -0.4 is 0 Å². The maximum absolute atomic E-state index is 14.3. The Labute approximate surface area is 215 Å². The minimum Gasteiger partial charge on any atom is -0.444 e.